The van der Waals surface area contributed by atoms with E-state index in [4.69, 9.17) is 25.8 Å². The van der Waals surface area contributed by atoms with Crippen LogP contribution in [0.3, 0.4) is 0 Å². The second kappa shape index (κ2) is 13.6. The van der Waals surface area contributed by atoms with E-state index in [-0.39, 0.29) is 57.9 Å². The summed E-state index contributed by atoms with van der Waals surface area (Å²) in [6.07, 6.45) is 2.98. The highest BCUT2D eigenvalue weighted by atomic mass is 35.5. The number of ether oxygens (including phenoxy) is 3. The van der Waals surface area contributed by atoms with Crippen molar-refractivity contribution in [3.8, 4) is 17.2 Å². The Morgan fingerprint density at radius 3 is 2.58 bits per heavy atom. The van der Waals surface area contributed by atoms with Gasteiger partial charge in [-0.15, -0.1) is 11.8 Å². The number of aliphatic hydroxyl groups is 1. The number of para-hydroxylation sites is 2. The maximum atomic E-state index is 14.3. The molecule has 2 aliphatic rings. The average Bonchev–Trinajstić information content (AvgIpc) is 3.65. The molecular formula is C36H36ClN3O7S. The molecule has 3 aromatic carbocycles. The van der Waals surface area contributed by atoms with Gasteiger partial charge in [-0.05, 0) is 42.5 Å². The molecule has 48 heavy (non-hydrogen) atoms. The van der Waals surface area contributed by atoms with E-state index in [0.717, 1.165) is 21.8 Å². The van der Waals surface area contributed by atoms with Crippen molar-refractivity contribution in [2.24, 2.45) is 5.92 Å². The predicted octanol–water partition coefficient (Wildman–Crippen LogP) is 6.61. The Hall–Kier alpha value is -4.48. The molecule has 4 aromatic rings. The summed E-state index contributed by atoms with van der Waals surface area (Å²) in [6, 6.07) is 16.7. The number of carbonyl (C=O) groups is 3. The van der Waals surface area contributed by atoms with Crippen molar-refractivity contribution in [3.05, 3.63) is 87.9 Å². The Morgan fingerprint density at radius 2 is 1.90 bits per heavy atom. The lowest BCUT2D eigenvalue weighted by molar-refractivity contribution is -0.121. The van der Waals surface area contributed by atoms with Crippen molar-refractivity contribution in [2.75, 3.05) is 27.0 Å². The number of imidazole rings is 1. The number of halogens is 1. The van der Waals surface area contributed by atoms with Crippen molar-refractivity contribution < 1.29 is 33.7 Å². The lowest BCUT2D eigenvalue weighted by atomic mass is 9.69. The minimum absolute atomic E-state index is 0.00744. The van der Waals surface area contributed by atoms with Crippen molar-refractivity contribution >= 4 is 51.9 Å². The van der Waals surface area contributed by atoms with Gasteiger partial charge in [-0.2, -0.15) is 0 Å². The summed E-state index contributed by atoms with van der Waals surface area (Å²) in [6.45, 7) is 2.05. The van der Waals surface area contributed by atoms with Gasteiger partial charge in [0, 0.05) is 54.2 Å². The van der Waals surface area contributed by atoms with E-state index in [1.807, 2.05) is 54.8 Å². The number of Topliss-reactive ketones (excluding diaryl/α,β-unsaturated/α-hetero) is 2. The quantitative estimate of drug-likeness (QED) is 0.117. The Kier molecular flexibility index (Phi) is 9.44. The van der Waals surface area contributed by atoms with E-state index in [2.05, 4.69) is 15.3 Å². The van der Waals surface area contributed by atoms with Gasteiger partial charge in [-0.1, -0.05) is 42.8 Å². The number of benzene rings is 3. The van der Waals surface area contributed by atoms with Crippen molar-refractivity contribution in [3.63, 3.8) is 0 Å². The van der Waals surface area contributed by atoms with E-state index < -0.39 is 29.0 Å². The molecule has 3 N–H and O–H groups in total. The van der Waals surface area contributed by atoms with Gasteiger partial charge < -0.3 is 29.6 Å². The number of hydrogen-bond donors (Lipinski definition) is 3. The van der Waals surface area contributed by atoms with Crippen LogP contribution in [0.5, 0.6) is 17.2 Å². The molecule has 0 fully saturated rings. The molecule has 250 valence electrons. The summed E-state index contributed by atoms with van der Waals surface area (Å²) < 4.78 is 17.2. The minimum Gasteiger partial charge on any atom is -0.507 e. The molecule has 1 amide bonds. The second-order valence-corrected chi connectivity index (χ2v) is 13.2. The fraction of sp³-hybridized carbons (Fsp3) is 0.333. The molecule has 0 saturated heterocycles. The molecule has 2 heterocycles. The first-order valence-corrected chi connectivity index (χ1v) is 17.2. The molecule has 1 unspecified atom stereocenters. The van der Waals surface area contributed by atoms with Crippen LogP contribution >= 0.6 is 23.4 Å². The zero-order chi connectivity index (χ0) is 34.2. The molecular weight excluding hydrogens is 654 g/mol. The number of fused-ring (bicyclic) bond motifs is 2. The zero-order valence-electron chi connectivity index (χ0n) is 27.0. The normalized spacial score (nSPS) is 19.4. The van der Waals surface area contributed by atoms with Gasteiger partial charge in [0.2, 0.25) is 17.3 Å². The van der Waals surface area contributed by atoms with Crippen LogP contribution in [0.1, 0.15) is 53.8 Å². The summed E-state index contributed by atoms with van der Waals surface area (Å²) in [4.78, 5) is 50.5. The van der Waals surface area contributed by atoms with Crippen LogP contribution in [0.25, 0.3) is 11.0 Å². The molecule has 1 spiro atoms. The van der Waals surface area contributed by atoms with Gasteiger partial charge in [0.05, 0.1) is 25.3 Å². The number of nitrogens with one attached hydrogen (secondary N) is 2. The number of ketones is 2. The number of carbonyl (C=O) groups excluding carboxylic acids is 3. The lowest BCUT2D eigenvalue weighted by Crippen LogP contribution is -2.53. The van der Waals surface area contributed by atoms with Gasteiger partial charge >= 0.3 is 0 Å². The number of amides is 1. The highest BCUT2D eigenvalue weighted by molar-refractivity contribution is 7.98. The summed E-state index contributed by atoms with van der Waals surface area (Å²) in [5, 5.41) is 15.1. The third-order valence-corrected chi connectivity index (χ3v) is 10.2. The zero-order valence-corrected chi connectivity index (χ0v) is 28.6. The van der Waals surface area contributed by atoms with Crippen LogP contribution in [0, 0.1) is 5.92 Å². The third-order valence-electron chi connectivity index (χ3n) is 9.12. The highest BCUT2D eigenvalue weighted by Crippen LogP contribution is 2.55. The van der Waals surface area contributed by atoms with Crippen LogP contribution in [0.2, 0.25) is 5.02 Å². The lowest BCUT2D eigenvalue weighted by Gasteiger charge is -2.38. The van der Waals surface area contributed by atoms with E-state index >= 15 is 0 Å². The number of hydrogen-bond acceptors (Lipinski definition) is 9. The van der Waals surface area contributed by atoms with Crippen LogP contribution in [-0.2, 0) is 16.0 Å². The number of aromatic amines is 1. The van der Waals surface area contributed by atoms with E-state index in [1.54, 1.807) is 18.7 Å². The van der Waals surface area contributed by atoms with Gasteiger partial charge in [-0.25, -0.2) is 4.98 Å². The van der Waals surface area contributed by atoms with E-state index in [1.165, 1.54) is 20.3 Å². The first-order chi connectivity index (χ1) is 23.1. The standard InChI is InChI=1S/C36H36ClN3O7S/c1-19-16-25(41)30(34(43)36(19)35(44)31-26(45-2)18-27(46-3)32(37)33(31)47-36)22(20-11-13-21(48-4)14-12-20)17-29(42)38-15-7-10-28-39-23-8-5-6-9-24(23)40-28/h5-6,8-9,11-14,18-19,22,43H,7,10,15-17H2,1-4H3,(H,38,42)(H,39,40)/t19-,22?,36+/m1/s1. The fourth-order valence-corrected chi connectivity index (χ4v) is 7.30. The summed E-state index contributed by atoms with van der Waals surface area (Å²) in [7, 11) is 2.83. The molecule has 6 rings (SSSR count). The SMILES string of the molecule is COc1cc(OC)c2c(c1Cl)O[C@]1(C2=O)C(O)=C(C(CC(=O)NCCCc2nc3ccccc3[nH]2)c2ccc(SC)cc2)C(=O)C[C@H]1C. The maximum absolute atomic E-state index is 14.3. The smallest absolute Gasteiger partial charge is 0.231 e. The number of aromatic nitrogens is 2. The molecule has 0 saturated carbocycles. The molecule has 1 aromatic heterocycles. The Labute approximate surface area is 287 Å². The number of allylic oxidation sites excluding steroid dienone is 1. The Morgan fingerprint density at radius 1 is 1.17 bits per heavy atom. The number of thioether (sulfide) groups is 1. The minimum atomic E-state index is -1.95. The first kappa shape index (κ1) is 33.4. The number of aliphatic hydroxyl groups excluding tert-OH is 1. The monoisotopic (exact) mass is 689 g/mol. The summed E-state index contributed by atoms with van der Waals surface area (Å²) >= 11 is 8.16. The van der Waals surface area contributed by atoms with E-state index in [0.29, 0.717) is 24.9 Å². The van der Waals surface area contributed by atoms with Gasteiger partial charge in [0.15, 0.2) is 17.3 Å². The number of nitrogens with zero attached hydrogens (tertiary/aromatic N) is 1. The van der Waals surface area contributed by atoms with Gasteiger partial charge in [-0.3, -0.25) is 14.4 Å². The molecule has 12 heteroatoms. The average molecular weight is 690 g/mol. The summed E-state index contributed by atoms with van der Waals surface area (Å²) in [5.41, 5.74) is 0.554. The molecule has 0 bridgehead atoms. The number of methoxy groups -OCH3 is 2. The second-order valence-electron chi connectivity index (χ2n) is 11.9. The fourth-order valence-electron chi connectivity index (χ4n) is 6.63. The van der Waals surface area contributed by atoms with Crippen LogP contribution in [0.4, 0.5) is 0 Å². The largest absolute Gasteiger partial charge is 0.507 e. The van der Waals surface area contributed by atoms with Crippen molar-refractivity contribution in [1.82, 2.24) is 15.3 Å². The van der Waals surface area contributed by atoms with Crippen LogP contribution in [0.15, 0.2) is 70.8 Å². The number of H-pyrrole nitrogens is 1. The number of aryl methyl sites for hydroxylation is 1. The predicted molar refractivity (Wildman–Crippen MR) is 184 cm³/mol. The Bertz CT molecular complexity index is 1910. The highest BCUT2D eigenvalue weighted by Gasteiger charge is 2.61. The molecule has 1 aliphatic carbocycles. The first-order valence-electron chi connectivity index (χ1n) is 15.6. The van der Waals surface area contributed by atoms with Crippen LogP contribution < -0.4 is 19.5 Å². The van der Waals surface area contributed by atoms with E-state index in [9.17, 15) is 19.5 Å². The topological polar surface area (TPSA) is 140 Å². The van der Waals surface area contributed by atoms with Gasteiger partial charge in [0.25, 0.3) is 0 Å². The van der Waals surface area contributed by atoms with Gasteiger partial charge in [0.1, 0.15) is 27.9 Å². The summed E-state index contributed by atoms with van der Waals surface area (Å²) in [5.74, 6) is -2.18. The van der Waals surface area contributed by atoms with Crippen molar-refractivity contribution in [1.29, 1.82) is 0 Å². The molecule has 1 aliphatic heterocycles. The van der Waals surface area contributed by atoms with Crippen LogP contribution in [-0.4, -0.2) is 65.2 Å². The molecule has 0 radical (unpaired) electrons. The number of rotatable bonds is 11. The molecule has 3 atom stereocenters. The third kappa shape index (κ3) is 5.79. The Balaban J connectivity index is 1.31. The van der Waals surface area contributed by atoms with Crippen molar-refractivity contribution in [2.45, 2.75) is 49.0 Å². The molecule has 10 nitrogen and oxygen atoms in total. The maximum Gasteiger partial charge on any atom is 0.231 e.